The minimum Gasteiger partial charge on any atom is -0.314 e. The molecule has 2 aliphatic rings. The van der Waals surface area contributed by atoms with Crippen LogP contribution in [0, 0.1) is 5.92 Å². The average Bonchev–Trinajstić information content (AvgIpc) is 2.79. The van der Waals surface area contributed by atoms with E-state index in [9.17, 15) is 0 Å². The van der Waals surface area contributed by atoms with Crippen molar-refractivity contribution in [2.24, 2.45) is 5.92 Å². The molecular formula is C12H24N2S. The topological polar surface area (TPSA) is 15.3 Å². The summed E-state index contributed by atoms with van der Waals surface area (Å²) < 4.78 is 0. The molecule has 88 valence electrons. The molecule has 0 aromatic rings. The normalized spacial score (nSPS) is 24.8. The molecule has 3 heteroatoms. The third-order valence-electron chi connectivity index (χ3n) is 3.59. The van der Waals surface area contributed by atoms with E-state index in [1.165, 1.54) is 69.9 Å². The molecule has 0 aromatic carbocycles. The molecule has 0 spiro atoms. The van der Waals surface area contributed by atoms with Crippen molar-refractivity contribution in [1.82, 2.24) is 10.2 Å². The Kier molecular flexibility index (Phi) is 5.30. The lowest BCUT2D eigenvalue weighted by molar-refractivity contribution is 0.255. The van der Waals surface area contributed by atoms with Gasteiger partial charge in [0, 0.05) is 38.5 Å². The van der Waals surface area contributed by atoms with E-state index in [0.29, 0.717) is 0 Å². The molecule has 0 unspecified atom stereocenters. The zero-order chi connectivity index (χ0) is 10.3. The maximum absolute atomic E-state index is 3.40. The predicted molar refractivity (Wildman–Crippen MR) is 68.6 cm³/mol. The summed E-state index contributed by atoms with van der Waals surface area (Å²) in [6.07, 6.45) is 5.98. The highest BCUT2D eigenvalue weighted by molar-refractivity contribution is 7.99. The minimum atomic E-state index is 1.05. The van der Waals surface area contributed by atoms with Gasteiger partial charge in [-0.3, -0.25) is 4.90 Å². The van der Waals surface area contributed by atoms with Crippen molar-refractivity contribution in [3.8, 4) is 0 Å². The van der Waals surface area contributed by atoms with Crippen LogP contribution in [0.3, 0.4) is 0 Å². The number of piperazine rings is 1. The fraction of sp³-hybridized carbons (Fsp3) is 1.00. The highest BCUT2D eigenvalue weighted by atomic mass is 32.2. The molecule has 2 fully saturated rings. The van der Waals surface area contributed by atoms with Crippen LogP contribution < -0.4 is 5.32 Å². The molecule has 0 amide bonds. The van der Waals surface area contributed by atoms with Crippen molar-refractivity contribution in [1.29, 1.82) is 0 Å². The van der Waals surface area contributed by atoms with Crippen molar-refractivity contribution in [3.63, 3.8) is 0 Å². The summed E-state index contributed by atoms with van der Waals surface area (Å²) >= 11 is 2.18. The maximum Gasteiger partial charge on any atom is 0.0108 e. The third-order valence-corrected chi connectivity index (χ3v) is 4.77. The van der Waals surface area contributed by atoms with Gasteiger partial charge in [-0.05, 0) is 24.5 Å². The van der Waals surface area contributed by atoms with Crippen LogP contribution >= 0.6 is 11.8 Å². The molecule has 1 saturated heterocycles. The lowest BCUT2D eigenvalue weighted by Crippen LogP contribution is -2.44. The summed E-state index contributed by atoms with van der Waals surface area (Å²) in [6.45, 7) is 6.19. The Labute approximate surface area is 98.2 Å². The quantitative estimate of drug-likeness (QED) is 0.723. The molecule has 15 heavy (non-hydrogen) atoms. The first-order valence-electron chi connectivity index (χ1n) is 6.46. The zero-order valence-corrected chi connectivity index (χ0v) is 10.5. The summed E-state index contributed by atoms with van der Waals surface area (Å²) in [5, 5.41) is 3.40. The van der Waals surface area contributed by atoms with Crippen LogP contribution in [-0.2, 0) is 0 Å². The van der Waals surface area contributed by atoms with Gasteiger partial charge in [-0.2, -0.15) is 11.8 Å². The van der Waals surface area contributed by atoms with Gasteiger partial charge in [-0.25, -0.2) is 0 Å². The van der Waals surface area contributed by atoms with E-state index in [0.717, 1.165) is 5.92 Å². The lowest BCUT2D eigenvalue weighted by atomic mass is 10.1. The largest absolute Gasteiger partial charge is 0.314 e. The molecule has 2 rings (SSSR count). The molecule has 0 bridgehead atoms. The Morgan fingerprint density at radius 2 is 1.87 bits per heavy atom. The van der Waals surface area contributed by atoms with E-state index in [1.54, 1.807) is 0 Å². The van der Waals surface area contributed by atoms with Crippen LogP contribution in [0.4, 0.5) is 0 Å². The molecule has 1 heterocycles. The van der Waals surface area contributed by atoms with Gasteiger partial charge in [-0.15, -0.1) is 0 Å². The molecule has 0 aromatic heterocycles. The highest BCUT2D eigenvalue weighted by Gasteiger charge is 2.15. The van der Waals surface area contributed by atoms with Crippen molar-refractivity contribution >= 4 is 11.8 Å². The number of hydrogen-bond donors (Lipinski definition) is 1. The second-order valence-corrected chi connectivity index (χ2v) is 5.97. The molecule has 1 saturated carbocycles. The first-order valence-corrected chi connectivity index (χ1v) is 7.61. The summed E-state index contributed by atoms with van der Waals surface area (Å²) in [7, 11) is 0. The number of thioether (sulfide) groups is 1. The van der Waals surface area contributed by atoms with Gasteiger partial charge in [0.05, 0.1) is 0 Å². The Hall–Kier alpha value is 0.270. The SMILES string of the molecule is C1CCC(CSCCN2CCNCC2)C1. The van der Waals surface area contributed by atoms with E-state index in [4.69, 9.17) is 0 Å². The van der Waals surface area contributed by atoms with Crippen molar-refractivity contribution in [3.05, 3.63) is 0 Å². The minimum absolute atomic E-state index is 1.05. The van der Waals surface area contributed by atoms with Crippen LogP contribution in [-0.4, -0.2) is 49.1 Å². The van der Waals surface area contributed by atoms with Crippen LogP contribution in [0.5, 0.6) is 0 Å². The van der Waals surface area contributed by atoms with E-state index < -0.39 is 0 Å². The van der Waals surface area contributed by atoms with E-state index in [2.05, 4.69) is 22.0 Å². The number of hydrogen-bond acceptors (Lipinski definition) is 3. The molecule has 2 nitrogen and oxygen atoms in total. The third kappa shape index (κ3) is 4.33. The van der Waals surface area contributed by atoms with Crippen molar-refractivity contribution in [2.75, 3.05) is 44.2 Å². The molecular weight excluding hydrogens is 204 g/mol. The zero-order valence-electron chi connectivity index (χ0n) is 9.71. The van der Waals surface area contributed by atoms with Gasteiger partial charge in [0.25, 0.3) is 0 Å². The second-order valence-electron chi connectivity index (χ2n) is 4.82. The molecule has 1 aliphatic heterocycles. The number of nitrogens with one attached hydrogen (secondary N) is 1. The van der Waals surface area contributed by atoms with Gasteiger partial charge < -0.3 is 5.32 Å². The van der Waals surface area contributed by atoms with E-state index >= 15 is 0 Å². The Bertz CT molecular complexity index is 163. The second kappa shape index (κ2) is 6.77. The monoisotopic (exact) mass is 228 g/mol. The number of nitrogens with zero attached hydrogens (tertiary/aromatic N) is 1. The number of rotatable bonds is 5. The molecule has 0 radical (unpaired) electrons. The van der Waals surface area contributed by atoms with Crippen LogP contribution in [0.25, 0.3) is 0 Å². The van der Waals surface area contributed by atoms with Gasteiger partial charge in [0.2, 0.25) is 0 Å². The van der Waals surface area contributed by atoms with Crippen LogP contribution in [0.15, 0.2) is 0 Å². The van der Waals surface area contributed by atoms with E-state index in [-0.39, 0.29) is 0 Å². The van der Waals surface area contributed by atoms with Gasteiger partial charge >= 0.3 is 0 Å². The van der Waals surface area contributed by atoms with Crippen LogP contribution in [0.2, 0.25) is 0 Å². The lowest BCUT2D eigenvalue weighted by Gasteiger charge is -2.27. The Morgan fingerprint density at radius 3 is 2.60 bits per heavy atom. The first kappa shape index (κ1) is 11.7. The fourth-order valence-corrected chi connectivity index (χ4v) is 3.78. The average molecular weight is 228 g/mol. The Morgan fingerprint density at radius 1 is 1.13 bits per heavy atom. The molecule has 0 atom stereocenters. The molecule has 1 aliphatic carbocycles. The van der Waals surface area contributed by atoms with Gasteiger partial charge in [0.15, 0.2) is 0 Å². The van der Waals surface area contributed by atoms with Gasteiger partial charge in [0.1, 0.15) is 0 Å². The van der Waals surface area contributed by atoms with E-state index in [1.807, 2.05) is 0 Å². The maximum atomic E-state index is 3.40. The summed E-state index contributed by atoms with van der Waals surface area (Å²) in [5.41, 5.74) is 0. The summed E-state index contributed by atoms with van der Waals surface area (Å²) in [5.74, 6) is 3.82. The first-order chi connectivity index (χ1) is 7.45. The Balaban J connectivity index is 1.47. The standard InChI is InChI=1S/C12H24N2S/c1-2-4-12(3-1)11-15-10-9-14-7-5-13-6-8-14/h12-13H,1-11H2. The van der Waals surface area contributed by atoms with Crippen LogP contribution in [0.1, 0.15) is 25.7 Å². The summed E-state index contributed by atoms with van der Waals surface area (Å²) in [6, 6.07) is 0. The fourth-order valence-electron chi connectivity index (χ4n) is 2.56. The smallest absolute Gasteiger partial charge is 0.0108 e. The van der Waals surface area contributed by atoms with Crippen molar-refractivity contribution in [2.45, 2.75) is 25.7 Å². The highest BCUT2D eigenvalue weighted by Crippen LogP contribution is 2.27. The molecule has 1 N–H and O–H groups in total. The van der Waals surface area contributed by atoms with Crippen molar-refractivity contribution < 1.29 is 0 Å². The predicted octanol–water partition coefficient (Wildman–Crippen LogP) is 1.81. The summed E-state index contributed by atoms with van der Waals surface area (Å²) in [4.78, 5) is 2.60. The van der Waals surface area contributed by atoms with Gasteiger partial charge in [-0.1, -0.05) is 12.8 Å².